The van der Waals surface area contributed by atoms with E-state index in [0.29, 0.717) is 12.0 Å². The summed E-state index contributed by atoms with van der Waals surface area (Å²) in [6.45, 7) is 12.6. The lowest BCUT2D eigenvalue weighted by Gasteiger charge is -2.22. The van der Waals surface area contributed by atoms with Crippen molar-refractivity contribution in [3.05, 3.63) is 36.0 Å². The van der Waals surface area contributed by atoms with Crippen LogP contribution in [0.25, 0.3) is 0 Å². The van der Waals surface area contributed by atoms with Gasteiger partial charge in [-0.05, 0) is 64.4 Å². The fourth-order valence-electron chi connectivity index (χ4n) is 2.47. The zero-order valence-corrected chi connectivity index (χ0v) is 14.7. The molecule has 1 heterocycles. The third-order valence-electron chi connectivity index (χ3n) is 3.67. The molecule has 0 saturated carbocycles. The van der Waals surface area contributed by atoms with Gasteiger partial charge in [-0.15, -0.1) is 0 Å². The van der Waals surface area contributed by atoms with Gasteiger partial charge in [0.1, 0.15) is 5.82 Å². The van der Waals surface area contributed by atoms with E-state index in [1.807, 2.05) is 6.07 Å². The molecule has 5 heteroatoms. The van der Waals surface area contributed by atoms with Gasteiger partial charge in [0.25, 0.3) is 0 Å². The molecule has 0 bridgehead atoms. The van der Waals surface area contributed by atoms with E-state index in [4.69, 9.17) is 0 Å². The average Bonchev–Trinajstić information content (AvgIpc) is 2.51. The van der Waals surface area contributed by atoms with E-state index >= 15 is 0 Å². The minimum absolute atomic E-state index is 0.306. The second kappa shape index (κ2) is 7.81. The van der Waals surface area contributed by atoms with E-state index in [0.717, 1.165) is 24.6 Å². The standard InChI is InChI=1S/C18H27N5/c1-6-23(7-2)15-8-9-16(14(5)12-15)21-17-10-11-19-18(22-17)20-13(3)4/h8-13H,6-7H2,1-5H3,(H2,19,20,21,22). The number of rotatable bonds is 7. The number of nitrogens with one attached hydrogen (secondary N) is 2. The summed E-state index contributed by atoms with van der Waals surface area (Å²) in [5.74, 6) is 1.43. The molecule has 0 aliphatic carbocycles. The van der Waals surface area contributed by atoms with Crippen LogP contribution in [-0.2, 0) is 0 Å². The van der Waals surface area contributed by atoms with Gasteiger partial charge in [-0.2, -0.15) is 4.98 Å². The number of anilines is 4. The molecule has 2 rings (SSSR count). The van der Waals surface area contributed by atoms with Crippen LogP contribution in [0, 0.1) is 6.92 Å². The van der Waals surface area contributed by atoms with Crippen LogP contribution in [0.3, 0.4) is 0 Å². The predicted molar refractivity (Wildman–Crippen MR) is 98.8 cm³/mol. The molecule has 0 aliphatic rings. The lowest BCUT2D eigenvalue weighted by molar-refractivity contribution is 0.865. The first-order chi connectivity index (χ1) is 11.0. The van der Waals surface area contributed by atoms with E-state index in [1.165, 1.54) is 11.3 Å². The number of aromatic nitrogens is 2. The number of hydrogen-bond acceptors (Lipinski definition) is 5. The van der Waals surface area contributed by atoms with Gasteiger partial charge in [-0.3, -0.25) is 0 Å². The van der Waals surface area contributed by atoms with Crippen LogP contribution in [0.1, 0.15) is 33.3 Å². The van der Waals surface area contributed by atoms with Crippen molar-refractivity contribution >= 4 is 23.1 Å². The van der Waals surface area contributed by atoms with E-state index in [9.17, 15) is 0 Å². The summed E-state index contributed by atoms with van der Waals surface area (Å²) in [5.41, 5.74) is 3.52. The zero-order chi connectivity index (χ0) is 16.8. The van der Waals surface area contributed by atoms with Gasteiger partial charge in [0.2, 0.25) is 5.95 Å². The number of nitrogens with zero attached hydrogens (tertiary/aromatic N) is 3. The Morgan fingerprint density at radius 2 is 1.87 bits per heavy atom. The zero-order valence-electron chi connectivity index (χ0n) is 14.7. The molecule has 0 atom stereocenters. The molecule has 0 spiro atoms. The van der Waals surface area contributed by atoms with Crippen molar-refractivity contribution in [2.45, 2.75) is 40.7 Å². The molecule has 2 N–H and O–H groups in total. The molecule has 1 aromatic carbocycles. The maximum Gasteiger partial charge on any atom is 0.224 e. The molecular weight excluding hydrogens is 286 g/mol. The van der Waals surface area contributed by atoms with Gasteiger partial charge >= 0.3 is 0 Å². The number of aryl methyl sites for hydroxylation is 1. The minimum Gasteiger partial charge on any atom is -0.372 e. The molecule has 1 aromatic heterocycles. The highest BCUT2D eigenvalue weighted by molar-refractivity contribution is 5.65. The quantitative estimate of drug-likeness (QED) is 0.802. The van der Waals surface area contributed by atoms with Crippen LogP contribution < -0.4 is 15.5 Å². The Labute approximate surface area is 139 Å². The van der Waals surface area contributed by atoms with Crippen molar-refractivity contribution in [3.8, 4) is 0 Å². The SMILES string of the molecule is CCN(CC)c1ccc(Nc2ccnc(NC(C)C)n2)c(C)c1. The highest BCUT2D eigenvalue weighted by atomic mass is 15.1. The summed E-state index contributed by atoms with van der Waals surface area (Å²) in [5, 5.41) is 6.59. The molecule has 0 aliphatic heterocycles. The molecule has 0 amide bonds. The fraction of sp³-hybridized carbons (Fsp3) is 0.444. The molecular formula is C18H27N5. The Kier molecular flexibility index (Phi) is 5.79. The van der Waals surface area contributed by atoms with Gasteiger partial charge in [0.05, 0.1) is 0 Å². The van der Waals surface area contributed by atoms with Gasteiger partial charge in [0, 0.05) is 36.7 Å². The first kappa shape index (κ1) is 17.1. The smallest absolute Gasteiger partial charge is 0.224 e. The van der Waals surface area contributed by atoms with Crippen molar-refractivity contribution in [2.24, 2.45) is 0 Å². The van der Waals surface area contributed by atoms with Crippen molar-refractivity contribution in [1.82, 2.24) is 9.97 Å². The van der Waals surface area contributed by atoms with Crippen molar-refractivity contribution < 1.29 is 0 Å². The van der Waals surface area contributed by atoms with E-state index in [-0.39, 0.29) is 0 Å². The summed E-state index contributed by atoms with van der Waals surface area (Å²) >= 11 is 0. The Bertz CT molecular complexity index is 635. The number of hydrogen-bond donors (Lipinski definition) is 2. The topological polar surface area (TPSA) is 53.1 Å². The molecule has 5 nitrogen and oxygen atoms in total. The van der Waals surface area contributed by atoms with Crippen LogP contribution in [0.15, 0.2) is 30.5 Å². The Morgan fingerprint density at radius 1 is 1.13 bits per heavy atom. The van der Waals surface area contributed by atoms with Crippen LogP contribution in [0.5, 0.6) is 0 Å². The molecule has 0 saturated heterocycles. The molecule has 2 aromatic rings. The summed E-state index contributed by atoms with van der Waals surface area (Å²) < 4.78 is 0. The van der Waals surface area contributed by atoms with Crippen LogP contribution >= 0.6 is 0 Å². The predicted octanol–water partition coefficient (Wildman–Crippen LogP) is 4.20. The van der Waals surface area contributed by atoms with Crippen LogP contribution in [-0.4, -0.2) is 29.1 Å². The van der Waals surface area contributed by atoms with Gasteiger partial charge in [0.15, 0.2) is 0 Å². The maximum atomic E-state index is 4.50. The maximum absolute atomic E-state index is 4.50. The second-order valence-electron chi connectivity index (χ2n) is 5.86. The van der Waals surface area contributed by atoms with Crippen molar-refractivity contribution in [3.63, 3.8) is 0 Å². The first-order valence-corrected chi connectivity index (χ1v) is 8.25. The Morgan fingerprint density at radius 3 is 2.48 bits per heavy atom. The largest absolute Gasteiger partial charge is 0.372 e. The van der Waals surface area contributed by atoms with Gasteiger partial charge in [-0.1, -0.05) is 0 Å². The van der Waals surface area contributed by atoms with Gasteiger partial charge in [-0.25, -0.2) is 4.98 Å². The summed E-state index contributed by atoms with van der Waals surface area (Å²) in [6.07, 6.45) is 1.76. The normalized spacial score (nSPS) is 10.7. The van der Waals surface area contributed by atoms with Crippen molar-refractivity contribution in [1.29, 1.82) is 0 Å². The lowest BCUT2D eigenvalue weighted by atomic mass is 10.1. The fourth-order valence-corrected chi connectivity index (χ4v) is 2.47. The summed E-state index contributed by atoms with van der Waals surface area (Å²) in [4.78, 5) is 11.1. The summed E-state index contributed by atoms with van der Waals surface area (Å²) in [7, 11) is 0. The highest BCUT2D eigenvalue weighted by Crippen LogP contribution is 2.25. The van der Waals surface area contributed by atoms with Crippen molar-refractivity contribution in [2.75, 3.05) is 28.6 Å². The Hall–Kier alpha value is -2.30. The average molecular weight is 313 g/mol. The molecule has 0 fully saturated rings. The van der Waals surface area contributed by atoms with Crippen LogP contribution in [0.2, 0.25) is 0 Å². The minimum atomic E-state index is 0.306. The molecule has 0 unspecified atom stereocenters. The lowest BCUT2D eigenvalue weighted by Crippen LogP contribution is -2.21. The molecule has 0 radical (unpaired) electrons. The molecule has 124 valence electrons. The van der Waals surface area contributed by atoms with E-state index in [2.05, 4.69) is 78.3 Å². The third kappa shape index (κ3) is 4.58. The Balaban J connectivity index is 2.17. The van der Waals surface area contributed by atoms with Crippen LogP contribution in [0.4, 0.5) is 23.1 Å². The highest BCUT2D eigenvalue weighted by Gasteiger charge is 2.06. The van der Waals surface area contributed by atoms with Gasteiger partial charge < -0.3 is 15.5 Å². The first-order valence-electron chi connectivity index (χ1n) is 8.25. The second-order valence-corrected chi connectivity index (χ2v) is 5.86. The van der Waals surface area contributed by atoms with E-state index in [1.54, 1.807) is 6.20 Å². The van der Waals surface area contributed by atoms with E-state index < -0.39 is 0 Å². The number of benzene rings is 1. The molecule has 23 heavy (non-hydrogen) atoms. The summed E-state index contributed by atoms with van der Waals surface area (Å²) in [6, 6.07) is 8.66. The monoisotopic (exact) mass is 313 g/mol. The third-order valence-corrected chi connectivity index (χ3v) is 3.67.